The van der Waals surface area contributed by atoms with Crippen LogP contribution in [0.25, 0.3) is 10.8 Å². The second kappa shape index (κ2) is 8.00. The van der Waals surface area contributed by atoms with Crippen molar-refractivity contribution in [3.05, 3.63) is 107 Å². The van der Waals surface area contributed by atoms with Gasteiger partial charge in [-0.05, 0) is 72.2 Å². The fourth-order valence-corrected chi connectivity index (χ4v) is 4.96. The number of carbonyl (C=O) groups excluding carboxylic acids is 1. The first-order valence-electron chi connectivity index (χ1n) is 10.3. The summed E-state index contributed by atoms with van der Waals surface area (Å²) in [7, 11) is 0. The molecule has 0 fully saturated rings. The quantitative estimate of drug-likeness (QED) is 0.368. The zero-order valence-electron chi connectivity index (χ0n) is 16.9. The summed E-state index contributed by atoms with van der Waals surface area (Å²) in [6.07, 6.45) is 2.18. The number of aryl methyl sites for hydroxylation is 3. The Hall–Kier alpha value is -3.04. The van der Waals surface area contributed by atoms with Crippen molar-refractivity contribution in [3.8, 4) is 0 Å². The predicted molar refractivity (Wildman–Crippen MR) is 126 cm³/mol. The third-order valence-electron chi connectivity index (χ3n) is 5.77. The molecule has 4 aromatic rings. The third-order valence-corrected chi connectivity index (χ3v) is 6.85. The summed E-state index contributed by atoms with van der Waals surface area (Å²) < 4.78 is 0. The zero-order chi connectivity index (χ0) is 20.5. The van der Waals surface area contributed by atoms with Gasteiger partial charge in [0.25, 0.3) is 5.91 Å². The van der Waals surface area contributed by atoms with Crippen LogP contribution in [0.3, 0.4) is 0 Å². The lowest BCUT2D eigenvalue weighted by atomic mass is 10.0. The second-order valence-electron chi connectivity index (χ2n) is 7.86. The minimum Gasteiger partial charge on any atom is -0.321 e. The van der Waals surface area contributed by atoms with Crippen LogP contribution in [0.5, 0.6) is 0 Å². The van der Waals surface area contributed by atoms with Crippen molar-refractivity contribution in [2.24, 2.45) is 0 Å². The molecular weight excluding hydrogens is 386 g/mol. The number of amides is 1. The average molecular weight is 410 g/mol. The molecule has 0 bridgehead atoms. The topological polar surface area (TPSA) is 29.1 Å². The molecule has 5 rings (SSSR count). The van der Waals surface area contributed by atoms with E-state index in [0.29, 0.717) is 5.56 Å². The number of carbonyl (C=O) groups is 1. The van der Waals surface area contributed by atoms with Crippen LogP contribution >= 0.6 is 11.8 Å². The van der Waals surface area contributed by atoms with E-state index < -0.39 is 0 Å². The fourth-order valence-electron chi connectivity index (χ4n) is 4.10. The average Bonchev–Trinajstić information content (AvgIpc) is 3.20. The lowest BCUT2D eigenvalue weighted by Gasteiger charge is -2.11. The minimum atomic E-state index is -0.0635. The largest absolute Gasteiger partial charge is 0.321 e. The molecule has 4 aromatic carbocycles. The van der Waals surface area contributed by atoms with E-state index >= 15 is 0 Å². The molecular formula is C27H23NOS. The van der Waals surface area contributed by atoms with E-state index in [0.717, 1.165) is 29.7 Å². The Morgan fingerprint density at radius 3 is 2.37 bits per heavy atom. The van der Waals surface area contributed by atoms with Gasteiger partial charge in [0.1, 0.15) is 0 Å². The molecule has 0 aliphatic heterocycles. The lowest BCUT2D eigenvalue weighted by molar-refractivity contribution is 0.102. The molecule has 148 valence electrons. The van der Waals surface area contributed by atoms with Crippen molar-refractivity contribution in [3.63, 3.8) is 0 Å². The molecule has 1 aliphatic rings. The van der Waals surface area contributed by atoms with Crippen LogP contribution in [0.1, 0.15) is 32.6 Å². The van der Waals surface area contributed by atoms with Crippen LogP contribution in [0.4, 0.5) is 5.69 Å². The molecule has 2 nitrogen and oxygen atoms in total. The number of thioether (sulfide) groups is 1. The fraction of sp³-hybridized carbons (Fsp3) is 0.148. The van der Waals surface area contributed by atoms with Crippen molar-refractivity contribution >= 4 is 34.1 Å². The first-order chi connectivity index (χ1) is 14.7. The van der Waals surface area contributed by atoms with Crippen LogP contribution in [0.2, 0.25) is 0 Å². The summed E-state index contributed by atoms with van der Waals surface area (Å²) in [5.74, 6) is 0.825. The molecule has 0 spiro atoms. The number of hydrogen-bond donors (Lipinski definition) is 1. The molecule has 3 heteroatoms. The Balaban J connectivity index is 1.29. The number of rotatable bonds is 5. The van der Waals surface area contributed by atoms with E-state index in [2.05, 4.69) is 60.8 Å². The highest BCUT2D eigenvalue weighted by Crippen LogP contribution is 2.35. The Bertz CT molecular complexity index is 1220. The Morgan fingerprint density at radius 1 is 0.867 bits per heavy atom. The van der Waals surface area contributed by atoms with Crippen LogP contribution in [-0.4, -0.2) is 5.91 Å². The van der Waals surface area contributed by atoms with Gasteiger partial charge in [-0.3, -0.25) is 4.79 Å². The van der Waals surface area contributed by atoms with Gasteiger partial charge in [-0.15, -0.1) is 11.8 Å². The van der Waals surface area contributed by atoms with Crippen molar-refractivity contribution in [1.82, 2.24) is 0 Å². The van der Waals surface area contributed by atoms with Crippen molar-refractivity contribution in [2.75, 3.05) is 5.32 Å². The van der Waals surface area contributed by atoms with Crippen LogP contribution in [-0.2, 0) is 18.6 Å². The minimum absolute atomic E-state index is 0.0635. The van der Waals surface area contributed by atoms with E-state index in [-0.39, 0.29) is 5.91 Å². The molecule has 0 aromatic heterocycles. The summed E-state index contributed by atoms with van der Waals surface area (Å²) in [4.78, 5) is 14.1. The highest BCUT2D eigenvalue weighted by Gasteiger charge is 2.17. The van der Waals surface area contributed by atoms with Crippen LogP contribution in [0.15, 0.2) is 83.8 Å². The first kappa shape index (κ1) is 19.0. The lowest BCUT2D eigenvalue weighted by Crippen LogP contribution is -2.12. The summed E-state index contributed by atoms with van der Waals surface area (Å²) in [5, 5.41) is 5.58. The van der Waals surface area contributed by atoms with Gasteiger partial charge in [-0.1, -0.05) is 54.1 Å². The Kier molecular flexibility index (Phi) is 5.06. The molecule has 0 saturated heterocycles. The van der Waals surface area contributed by atoms with Gasteiger partial charge in [0.05, 0.1) is 0 Å². The standard InChI is InChI=1S/C27H23NOS/c1-18-5-14-23(15-6-18)30-17-19-7-9-22(10-8-19)27(29)28-25-16-13-21-12-11-20-3-2-4-24(25)26(20)21/h2-10,13-16H,11-12,17H2,1H3,(H,28,29). The molecule has 1 aliphatic carbocycles. The van der Waals surface area contributed by atoms with Crippen molar-refractivity contribution in [1.29, 1.82) is 0 Å². The number of anilines is 1. The number of nitrogens with one attached hydrogen (secondary N) is 1. The first-order valence-corrected chi connectivity index (χ1v) is 11.3. The Morgan fingerprint density at radius 2 is 1.60 bits per heavy atom. The second-order valence-corrected chi connectivity index (χ2v) is 8.91. The van der Waals surface area contributed by atoms with Crippen molar-refractivity contribution < 1.29 is 4.79 Å². The van der Waals surface area contributed by atoms with E-state index in [4.69, 9.17) is 0 Å². The van der Waals surface area contributed by atoms with Gasteiger partial charge in [-0.25, -0.2) is 0 Å². The predicted octanol–water partition coefficient (Wildman–Crippen LogP) is 6.79. The van der Waals surface area contributed by atoms with Gasteiger partial charge in [-0.2, -0.15) is 0 Å². The van der Waals surface area contributed by atoms with E-state index in [1.807, 2.05) is 42.1 Å². The maximum atomic E-state index is 12.8. The molecule has 0 unspecified atom stereocenters. The summed E-state index contributed by atoms with van der Waals surface area (Å²) in [6, 6.07) is 27.1. The maximum absolute atomic E-state index is 12.8. The van der Waals surface area contributed by atoms with Crippen molar-refractivity contribution in [2.45, 2.75) is 30.4 Å². The van der Waals surface area contributed by atoms with E-state index in [9.17, 15) is 4.79 Å². The number of hydrogen-bond acceptors (Lipinski definition) is 2. The monoisotopic (exact) mass is 409 g/mol. The van der Waals surface area contributed by atoms with Gasteiger partial charge >= 0.3 is 0 Å². The summed E-state index contributed by atoms with van der Waals surface area (Å²) in [5.41, 5.74) is 6.82. The van der Waals surface area contributed by atoms with Gasteiger partial charge < -0.3 is 5.32 Å². The molecule has 1 N–H and O–H groups in total. The van der Waals surface area contributed by atoms with Gasteiger partial charge in [0.2, 0.25) is 0 Å². The van der Waals surface area contributed by atoms with Gasteiger partial charge in [0.15, 0.2) is 0 Å². The highest BCUT2D eigenvalue weighted by molar-refractivity contribution is 7.98. The molecule has 1 amide bonds. The SMILES string of the molecule is Cc1ccc(SCc2ccc(C(=O)Nc3ccc4c5c(cccc35)CC4)cc2)cc1. The van der Waals surface area contributed by atoms with Crippen LogP contribution in [0, 0.1) is 6.92 Å². The molecule has 0 radical (unpaired) electrons. The summed E-state index contributed by atoms with van der Waals surface area (Å²) >= 11 is 1.81. The zero-order valence-corrected chi connectivity index (χ0v) is 17.8. The normalized spacial score (nSPS) is 12.3. The van der Waals surface area contributed by atoms with Gasteiger partial charge in [0, 0.05) is 27.3 Å². The molecule has 0 saturated carbocycles. The Labute approximate surface area is 181 Å². The maximum Gasteiger partial charge on any atom is 0.255 e. The number of benzene rings is 4. The van der Waals surface area contributed by atoms with E-state index in [1.54, 1.807) is 0 Å². The van der Waals surface area contributed by atoms with E-state index in [1.165, 1.54) is 32.5 Å². The highest BCUT2D eigenvalue weighted by atomic mass is 32.2. The molecule has 30 heavy (non-hydrogen) atoms. The molecule has 0 atom stereocenters. The summed E-state index contributed by atoms with van der Waals surface area (Å²) in [6.45, 7) is 2.10. The smallest absolute Gasteiger partial charge is 0.255 e. The van der Waals surface area contributed by atoms with Crippen LogP contribution < -0.4 is 5.32 Å². The third kappa shape index (κ3) is 3.73. The molecule has 0 heterocycles.